The molecule has 0 aromatic heterocycles. The Kier molecular flexibility index (Phi) is 14.4. The minimum atomic E-state index is -0.423. The topological polar surface area (TPSA) is 103 Å². The maximum Gasteiger partial charge on any atom is 0.251 e. The van der Waals surface area contributed by atoms with Crippen molar-refractivity contribution in [3.05, 3.63) is 89.7 Å². The highest BCUT2D eigenvalue weighted by Gasteiger charge is 2.19. The quantitative estimate of drug-likeness (QED) is 0.219. The van der Waals surface area contributed by atoms with Gasteiger partial charge in [-0.15, -0.1) is 0 Å². The fourth-order valence-electron chi connectivity index (χ4n) is 3.97. The van der Waals surface area contributed by atoms with Gasteiger partial charge in [0.1, 0.15) is 17.3 Å². The zero-order valence-electron chi connectivity index (χ0n) is 24.8. The van der Waals surface area contributed by atoms with E-state index in [1.165, 1.54) is 29.8 Å². The minimum absolute atomic E-state index is 0.0590. The van der Waals surface area contributed by atoms with Crippen molar-refractivity contribution >= 4 is 17.5 Å². The van der Waals surface area contributed by atoms with Crippen LogP contribution in [0.25, 0.3) is 0 Å². The third kappa shape index (κ3) is 12.4. The van der Waals surface area contributed by atoms with Gasteiger partial charge in [0.15, 0.2) is 0 Å². The Morgan fingerprint density at radius 3 is 2.12 bits per heavy atom. The van der Waals surface area contributed by atoms with Gasteiger partial charge in [0.25, 0.3) is 5.91 Å². The highest BCUT2D eigenvalue weighted by atomic mass is 19.1. The normalized spacial score (nSPS) is 12.0. The first-order chi connectivity index (χ1) is 19.6. The van der Waals surface area contributed by atoms with Crippen LogP contribution in [-0.4, -0.2) is 37.1 Å². The summed E-state index contributed by atoms with van der Waals surface area (Å²) in [5, 5.41) is 5.57. The first-order valence-corrected chi connectivity index (χ1v) is 14.2. The van der Waals surface area contributed by atoms with Gasteiger partial charge in [-0.25, -0.2) is 4.39 Å². The van der Waals surface area contributed by atoms with Crippen molar-refractivity contribution < 1.29 is 23.5 Å². The fourth-order valence-corrected chi connectivity index (χ4v) is 3.97. The highest BCUT2D eigenvalue weighted by Crippen LogP contribution is 2.25. The number of hydrogen-bond acceptors (Lipinski definition) is 5. The Morgan fingerprint density at radius 1 is 0.927 bits per heavy atom. The van der Waals surface area contributed by atoms with E-state index in [1.54, 1.807) is 25.1 Å². The van der Waals surface area contributed by atoms with Crippen LogP contribution in [-0.2, 0) is 4.79 Å². The van der Waals surface area contributed by atoms with E-state index in [9.17, 15) is 14.0 Å². The number of nitrogens with two attached hydrogens (primary N) is 1. The molecule has 41 heavy (non-hydrogen) atoms. The van der Waals surface area contributed by atoms with Gasteiger partial charge < -0.3 is 25.8 Å². The molecule has 0 radical (unpaired) electrons. The molecule has 2 unspecified atom stereocenters. The predicted molar refractivity (Wildman–Crippen MR) is 163 cm³/mol. The Hall–Kier alpha value is -3.91. The molecule has 0 spiro atoms. The molecule has 2 amide bonds. The lowest BCUT2D eigenvalue weighted by Crippen LogP contribution is -2.39. The molecule has 0 aliphatic heterocycles. The van der Waals surface area contributed by atoms with E-state index >= 15 is 0 Å². The van der Waals surface area contributed by atoms with E-state index < -0.39 is 12.0 Å². The van der Waals surface area contributed by atoms with Gasteiger partial charge in [-0.2, -0.15) is 0 Å². The van der Waals surface area contributed by atoms with E-state index in [1.807, 2.05) is 25.1 Å². The summed E-state index contributed by atoms with van der Waals surface area (Å²) in [6.45, 7) is 10.5. The number of benzene rings is 3. The van der Waals surface area contributed by atoms with Gasteiger partial charge in [-0.1, -0.05) is 56.7 Å². The third-order valence-corrected chi connectivity index (χ3v) is 6.35. The number of nitrogens with one attached hydrogen (secondary N) is 2. The molecule has 8 heteroatoms. The molecule has 0 bridgehead atoms. The smallest absolute Gasteiger partial charge is 0.251 e. The van der Waals surface area contributed by atoms with Crippen LogP contribution in [0.4, 0.5) is 10.1 Å². The van der Waals surface area contributed by atoms with Crippen LogP contribution in [0.5, 0.6) is 11.5 Å². The molecular weight excluding hydrogens is 521 g/mol. The summed E-state index contributed by atoms with van der Waals surface area (Å²) in [5.74, 6) is -0.134. The average Bonchev–Trinajstić information content (AvgIpc) is 2.96. The summed E-state index contributed by atoms with van der Waals surface area (Å²) in [5.41, 5.74) is 8.42. The lowest BCUT2D eigenvalue weighted by Gasteiger charge is -2.19. The molecule has 2 atom stereocenters. The zero-order chi connectivity index (χ0) is 30.2. The summed E-state index contributed by atoms with van der Waals surface area (Å²) in [6, 6.07) is 20.5. The lowest BCUT2D eigenvalue weighted by atomic mass is 10.0. The number of aryl methyl sites for hydroxylation is 1. The molecule has 4 N–H and O–H groups in total. The van der Waals surface area contributed by atoms with Crippen molar-refractivity contribution in [3.8, 4) is 11.5 Å². The summed E-state index contributed by atoms with van der Waals surface area (Å²) < 4.78 is 24.6. The van der Waals surface area contributed by atoms with Crippen LogP contribution in [0.3, 0.4) is 0 Å². The van der Waals surface area contributed by atoms with E-state index in [-0.39, 0.29) is 30.3 Å². The SMILES string of the molecule is CCOc1cc(OC(CC)CC)cc(C(=O)NCC(N)CC(C)C(=O)Nc2ccc(F)cc2)c1.Cc1ccccc1. The molecule has 3 aromatic carbocycles. The summed E-state index contributed by atoms with van der Waals surface area (Å²) in [4.78, 5) is 25.2. The minimum Gasteiger partial charge on any atom is -0.494 e. The van der Waals surface area contributed by atoms with Gasteiger partial charge in [-0.05, 0) is 69.5 Å². The number of anilines is 1. The second-order valence-corrected chi connectivity index (χ2v) is 9.94. The zero-order valence-corrected chi connectivity index (χ0v) is 24.8. The van der Waals surface area contributed by atoms with Crippen molar-refractivity contribution in [3.63, 3.8) is 0 Å². The van der Waals surface area contributed by atoms with Crippen molar-refractivity contribution in [2.45, 2.75) is 66.0 Å². The van der Waals surface area contributed by atoms with Gasteiger partial charge in [0.2, 0.25) is 5.91 Å². The Bertz CT molecular complexity index is 1200. The summed E-state index contributed by atoms with van der Waals surface area (Å²) in [6.07, 6.45) is 2.15. The van der Waals surface area contributed by atoms with Crippen molar-refractivity contribution in [2.24, 2.45) is 11.7 Å². The predicted octanol–water partition coefficient (Wildman–Crippen LogP) is 6.51. The van der Waals surface area contributed by atoms with Gasteiger partial charge in [0.05, 0.1) is 12.7 Å². The molecule has 0 fully saturated rings. The van der Waals surface area contributed by atoms with Gasteiger partial charge in [0, 0.05) is 35.8 Å². The number of hydrogen-bond donors (Lipinski definition) is 3. The van der Waals surface area contributed by atoms with Crippen molar-refractivity contribution in [1.82, 2.24) is 5.32 Å². The molecule has 7 nitrogen and oxygen atoms in total. The maximum absolute atomic E-state index is 13.0. The molecule has 0 aliphatic carbocycles. The van der Waals surface area contributed by atoms with Gasteiger partial charge >= 0.3 is 0 Å². The van der Waals surface area contributed by atoms with Crippen molar-refractivity contribution in [1.29, 1.82) is 0 Å². The maximum atomic E-state index is 13.0. The first-order valence-electron chi connectivity index (χ1n) is 14.2. The molecule has 3 rings (SSSR count). The van der Waals surface area contributed by atoms with E-state index in [2.05, 4.69) is 43.5 Å². The highest BCUT2D eigenvalue weighted by molar-refractivity contribution is 5.95. The average molecular weight is 566 g/mol. The molecule has 3 aromatic rings. The lowest BCUT2D eigenvalue weighted by molar-refractivity contribution is -0.119. The van der Waals surface area contributed by atoms with Crippen molar-refractivity contribution in [2.75, 3.05) is 18.5 Å². The number of rotatable bonds is 13. The standard InChI is InChI=1S/C26H36FN3O4.C7H8/c1-5-22(6-2)34-24-14-18(13-23(15-24)33-7-3)26(32)29-16-20(28)12-17(4)25(31)30-21-10-8-19(27)9-11-21;1-7-5-3-2-4-6-7/h8-11,13-15,17,20,22H,5-7,12,16,28H2,1-4H3,(H,29,32)(H,30,31);2-6H,1H3. The Labute approximate surface area is 243 Å². The molecule has 0 aliphatic rings. The molecule has 0 heterocycles. The van der Waals surface area contributed by atoms with Crippen LogP contribution in [0, 0.1) is 18.7 Å². The number of ether oxygens (including phenoxy) is 2. The Morgan fingerprint density at radius 2 is 1.56 bits per heavy atom. The molecule has 222 valence electrons. The third-order valence-electron chi connectivity index (χ3n) is 6.35. The fraction of sp³-hybridized carbons (Fsp3) is 0.394. The monoisotopic (exact) mass is 565 g/mol. The van der Waals surface area contributed by atoms with E-state index in [0.29, 0.717) is 35.8 Å². The largest absolute Gasteiger partial charge is 0.494 e. The van der Waals surface area contributed by atoms with Crippen LogP contribution in [0.15, 0.2) is 72.8 Å². The second kappa shape index (κ2) is 17.7. The number of amides is 2. The van der Waals surface area contributed by atoms with Crippen LogP contribution < -0.4 is 25.8 Å². The molecule has 0 saturated heterocycles. The van der Waals surface area contributed by atoms with Crippen LogP contribution in [0.1, 0.15) is 62.9 Å². The second-order valence-electron chi connectivity index (χ2n) is 9.94. The first kappa shape index (κ1) is 33.3. The number of carbonyl (C=O) groups excluding carboxylic acids is 2. The van der Waals surface area contributed by atoms with Crippen LogP contribution >= 0.6 is 0 Å². The Balaban J connectivity index is 0.000000729. The summed E-state index contributed by atoms with van der Waals surface area (Å²) in [7, 11) is 0. The summed E-state index contributed by atoms with van der Waals surface area (Å²) >= 11 is 0. The molecule has 0 saturated carbocycles. The van der Waals surface area contributed by atoms with Crippen LogP contribution in [0.2, 0.25) is 0 Å². The number of halogens is 1. The number of carbonyl (C=O) groups is 2. The van der Waals surface area contributed by atoms with Gasteiger partial charge in [-0.3, -0.25) is 9.59 Å². The molecular formula is C33H44FN3O4. The van der Waals surface area contributed by atoms with E-state index in [0.717, 1.165) is 12.8 Å². The van der Waals surface area contributed by atoms with E-state index in [4.69, 9.17) is 15.2 Å².